The van der Waals surface area contributed by atoms with Gasteiger partial charge in [0.05, 0.1) is 11.1 Å². The Morgan fingerprint density at radius 2 is 2.17 bits per heavy atom. The van der Waals surface area contributed by atoms with Gasteiger partial charge in [-0.15, -0.1) is 21.5 Å². The number of aryl methyl sites for hydroxylation is 1. The Bertz CT molecular complexity index is 899. The number of fused-ring (bicyclic) bond motifs is 1. The first-order valence-electron chi connectivity index (χ1n) is 7.91. The Hall–Kier alpha value is -2.34. The maximum Gasteiger partial charge on any atom is 0.258 e. The van der Waals surface area contributed by atoms with E-state index in [2.05, 4.69) is 28.2 Å². The fourth-order valence-corrected chi connectivity index (χ4v) is 4.03. The molecule has 122 valence electrons. The standard InChI is InChI=1S/C18H16FN3OS/c1-11-2-4-15-13(6-11)8-16(24-15)18-22-21-17(23-18)5-3-12-7-14(19)10-20-9-12/h3,5,7-11H,2,4,6H2,1H3/b5-3+. The van der Waals surface area contributed by atoms with Crippen molar-refractivity contribution in [2.45, 2.75) is 26.2 Å². The van der Waals surface area contributed by atoms with Gasteiger partial charge < -0.3 is 4.42 Å². The van der Waals surface area contributed by atoms with Gasteiger partial charge in [-0.3, -0.25) is 4.98 Å². The molecule has 3 aromatic heterocycles. The third kappa shape index (κ3) is 3.14. The zero-order chi connectivity index (χ0) is 16.5. The van der Waals surface area contributed by atoms with Crippen LogP contribution in [0.4, 0.5) is 4.39 Å². The van der Waals surface area contributed by atoms with Crippen molar-refractivity contribution in [1.82, 2.24) is 15.2 Å². The fourth-order valence-electron chi connectivity index (χ4n) is 2.90. The van der Waals surface area contributed by atoms with Crippen molar-refractivity contribution in [3.63, 3.8) is 0 Å². The number of hydrogen-bond donors (Lipinski definition) is 0. The highest BCUT2D eigenvalue weighted by Gasteiger charge is 2.20. The Kier molecular flexibility index (Phi) is 3.98. The van der Waals surface area contributed by atoms with Crippen molar-refractivity contribution in [2.24, 2.45) is 5.92 Å². The molecule has 3 aromatic rings. The van der Waals surface area contributed by atoms with E-state index in [1.807, 2.05) is 0 Å². The van der Waals surface area contributed by atoms with Gasteiger partial charge in [0.2, 0.25) is 5.89 Å². The summed E-state index contributed by atoms with van der Waals surface area (Å²) in [5.74, 6) is 1.30. The molecular weight excluding hydrogens is 325 g/mol. The lowest BCUT2D eigenvalue weighted by molar-refractivity contribution is 0.506. The van der Waals surface area contributed by atoms with Crippen LogP contribution in [-0.4, -0.2) is 15.2 Å². The van der Waals surface area contributed by atoms with Crippen molar-refractivity contribution >= 4 is 23.5 Å². The highest BCUT2D eigenvalue weighted by atomic mass is 32.1. The quantitative estimate of drug-likeness (QED) is 0.697. The Balaban J connectivity index is 1.55. The monoisotopic (exact) mass is 341 g/mol. The van der Waals surface area contributed by atoms with Crippen molar-refractivity contribution in [3.05, 3.63) is 52.2 Å². The summed E-state index contributed by atoms with van der Waals surface area (Å²) < 4.78 is 18.8. The first-order chi connectivity index (χ1) is 11.7. The molecule has 0 spiro atoms. The van der Waals surface area contributed by atoms with E-state index in [1.54, 1.807) is 29.7 Å². The third-order valence-electron chi connectivity index (χ3n) is 4.13. The van der Waals surface area contributed by atoms with Gasteiger partial charge in [0.15, 0.2) is 0 Å². The summed E-state index contributed by atoms with van der Waals surface area (Å²) in [7, 11) is 0. The summed E-state index contributed by atoms with van der Waals surface area (Å²) >= 11 is 1.74. The molecule has 0 saturated heterocycles. The van der Waals surface area contributed by atoms with Gasteiger partial charge in [0.25, 0.3) is 5.89 Å². The molecule has 3 heterocycles. The predicted octanol–water partition coefficient (Wildman–Crippen LogP) is 4.63. The molecule has 6 heteroatoms. The van der Waals surface area contributed by atoms with Gasteiger partial charge in [0, 0.05) is 17.2 Å². The second-order valence-electron chi connectivity index (χ2n) is 6.12. The first kappa shape index (κ1) is 15.2. The van der Waals surface area contributed by atoms with Crippen LogP contribution in [0.2, 0.25) is 0 Å². The first-order valence-corrected chi connectivity index (χ1v) is 8.73. The van der Waals surface area contributed by atoms with Crippen LogP contribution < -0.4 is 0 Å². The topological polar surface area (TPSA) is 51.8 Å². The van der Waals surface area contributed by atoms with Gasteiger partial charge >= 0.3 is 0 Å². The highest BCUT2D eigenvalue weighted by Crippen LogP contribution is 2.36. The Labute approximate surface area is 143 Å². The maximum absolute atomic E-state index is 13.1. The number of hydrogen-bond acceptors (Lipinski definition) is 5. The molecule has 1 aliphatic rings. The molecule has 1 aliphatic carbocycles. The molecule has 0 N–H and O–H groups in total. The van der Waals surface area contributed by atoms with E-state index in [9.17, 15) is 4.39 Å². The Morgan fingerprint density at radius 3 is 3.04 bits per heavy atom. The Morgan fingerprint density at radius 1 is 1.25 bits per heavy atom. The summed E-state index contributed by atoms with van der Waals surface area (Å²) in [5, 5.41) is 8.17. The lowest BCUT2D eigenvalue weighted by Crippen LogP contribution is -2.07. The lowest BCUT2D eigenvalue weighted by Gasteiger charge is -2.16. The number of pyridine rings is 1. The molecule has 24 heavy (non-hydrogen) atoms. The van der Waals surface area contributed by atoms with Gasteiger partial charge in [0.1, 0.15) is 5.82 Å². The summed E-state index contributed by atoms with van der Waals surface area (Å²) in [6.45, 7) is 2.29. The zero-order valence-electron chi connectivity index (χ0n) is 13.2. The maximum atomic E-state index is 13.1. The summed E-state index contributed by atoms with van der Waals surface area (Å²) in [4.78, 5) is 6.26. The molecule has 0 fully saturated rings. The van der Waals surface area contributed by atoms with E-state index in [-0.39, 0.29) is 5.82 Å². The van der Waals surface area contributed by atoms with E-state index in [4.69, 9.17) is 4.42 Å². The van der Waals surface area contributed by atoms with Crippen LogP contribution in [0.15, 0.2) is 28.9 Å². The molecule has 4 nitrogen and oxygen atoms in total. The average Bonchev–Trinajstić information content (AvgIpc) is 3.19. The second-order valence-corrected chi connectivity index (χ2v) is 7.26. The second kappa shape index (κ2) is 6.28. The summed E-state index contributed by atoms with van der Waals surface area (Å²) in [6.07, 6.45) is 9.62. The summed E-state index contributed by atoms with van der Waals surface area (Å²) in [6, 6.07) is 3.57. The zero-order valence-corrected chi connectivity index (χ0v) is 14.0. The predicted molar refractivity (Wildman–Crippen MR) is 91.9 cm³/mol. The van der Waals surface area contributed by atoms with Gasteiger partial charge in [-0.1, -0.05) is 6.92 Å². The van der Waals surface area contributed by atoms with Crippen LogP contribution >= 0.6 is 11.3 Å². The molecule has 0 saturated carbocycles. The molecule has 0 aliphatic heterocycles. The fraction of sp³-hybridized carbons (Fsp3) is 0.278. The van der Waals surface area contributed by atoms with Gasteiger partial charge in [-0.25, -0.2) is 4.39 Å². The molecular formula is C18H16FN3OS. The van der Waals surface area contributed by atoms with Crippen molar-refractivity contribution < 1.29 is 8.81 Å². The lowest BCUT2D eigenvalue weighted by atomic mass is 9.90. The molecule has 0 amide bonds. The average molecular weight is 341 g/mol. The summed E-state index contributed by atoms with van der Waals surface area (Å²) in [5.41, 5.74) is 2.06. The SMILES string of the molecule is CC1CCc2sc(-c3nnc(/C=C/c4cncc(F)c4)o3)cc2C1. The highest BCUT2D eigenvalue weighted by molar-refractivity contribution is 7.15. The number of rotatable bonds is 3. The van der Waals surface area contributed by atoms with Crippen LogP contribution in [-0.2, 0) is 12.8 Å². The molecule has 0 aromatic carbocycles. The number of aromatic nitrogens is 3. The molecule has 4 rings (SSSR count). The number of halogens is 1. The van der Waals surface area contributed by atoms with E-state index in [0.717, 1.165) is 23.6 Å². The van der Waals surface area contributed by atoms with Crippen LogP contribution in [0.1, 0.15) is 35.2 Å². The minimum atomic E-state index is -0.373. The molecule has 1 atom stereocenters. The van der Waals surface area contributed by atoms with E-state index >= 15 is 0 Å². The normalized spacial score (nSPS) is 17.3. The van der Waals surface area contributed by atoms with E-state index in [0.29, 0.717) is 17.3 Å². The minimum absolute atomic E-state index is 0.373. The number of thiophene rings is 1. The van der Waals surface area contributed by atoms with Gasteiger partial charge in [-0.2, -0.15) is 0 Å². The van der Waals surface area contributed by atoms with Crippen LogP contribution in [0, 0.1) is 11.7 Å². The smallest absolute Gasteiger partial charge is 0.258 e. The largest absolute Gasteiger partial charge is 0.416 e. The minimum Gasteiger partial charge on any atom is -0.416 e. The molecule has 0 bridgehead atoms. The van der Waals surface area contributed by atoms with E-state index < -0.39 is 0 Å². The van der Waals surface area contributed by atoms with Crippen molar-refractivity contribution in [1.29, 1.82) is 0 Å². The van der Waals surface area contributed by atoms with Crippen LogP contribution in [0.25, 0.3) is 22.9 Å². The number of nitrogens with zero attached hydrogens (tertiary/aromatic N) is 3. The molecule has 0 radical (unpaired) electrons. The van der Waals surface area contributed by atoms with Crippen LogP contribution in [0.3, 0.4) is 0 Å². The molecule has 1 unspecified atom stereocenters. The van der Waals surface area contributed by atoms with Crippen LogP contribution in [0.5, 0.6) is 0 Å². The van der Waals surface area contributed by atoms with Crippen molar-refractivity contribution in [3.8, 4) is 10.8 Å². The van der Waals surface area contributed by atoms with E-state index in [1.165, 1.54) is 29.1 Å². The van der Waals surface area contributed by atoms with Gasteiger partial charge in [-0.05, 0) is 54.5 Å². The van der Waals surface area contributed by atoms with Crippen molar-refractivity contribution in [2.75, 3.05) is 0 Å². The third-order valence-corrected chi connectivity index (χ3v) is 5.35.